The summed E-state index contributed by atoms with van der Waals surface area (Å²) < 4.78 is 0. The van der Waals surface area contributed by atoms with Gasteiger partial charge in [0, 0.05) is 12.7 Å². The number of carbonyl (C=O) groups excluding carboxylic acids is 2. The van der Waals surface area contributed by atoms with Gasteiger partial charge in [-0.3, -0.25) is 9.59 Å². The van der Waals surface area contributed by atoms with E-state index in [1.54, 1.807) is 37.4 Å². The highest BCUT2D eigenvalue weighted by molar-refractivity contribution is 6.34. The van der Waals surface area contributed by atoms with Crippen LogP contribution >= 0.6 is 0 Å². The van der Waals surface area contributed by atoms with E-state index < -0.39 is 0 Å². The van der Waals surface area contributed by atoms with Crippen molar-refractivity contribution in [3.63, 3.8) is 0 Å². The van der Waals surface area contributed by atoms with Crippen LogP contribution in [0.2, 0.25) is 0 Å². The van der Waals surface area contributed by atoms with Crippen LogP contribution in [0.25, 0.3) is 0 Å². The monoisotopic (exact) mass is 266 g/mol. The first-order valence-corrected chi connectivity index (χ1v) is 6.39. The van der Waals surface area contributed by atoms with E-state index in [1.807, 2.05) is 19.1 Å². The molecule has 20 heavy (non-hydrogen) atoms. The standard InChI is InChI=1S/C16H14N2O2/c1-10-3-6-12(7-4-10)18-15(19)13-8-5-11(17-2)9-14(13)16(18)20/h3-9,17H,1-2H3. The molecule has 0 spiro atoms. The molecule has 2 aromatic rings. The Labute approximate surface area is 117 Å². The summed E-state index contributed by atoms with van der Waals surface area (Å²) in [6, 6.07) is 12.5. The zero-order chi connectivity index (χ0) is 14.3. The minimum Gasteiger partial charge on any atom is -0.388 e. The molecule has 3 rings (SSSR count). The molecule has 4 nitrogen and oxygen atoms in total. The van der Waals surface area contributed by atoms with Gasteiger partial charge in [-0.15, -0.1) is 0 Å². The van der Waals surface area contributed by atoms with Gasteiger partial charge in [0.1, 0.15) is 0 Å². The lowest BCUT2D eigenvalue weighted by atomic mass is 10.1. The third kappa shape index (κ3) is 1.77. The highest BCUT2D eigenvalue weighted by Gasteiger charge is 2.36. The van der Waals surface area contributed by atoms with Crippen LogP contribution in [-0.4, -0.2) is 18.9 Å². The number of anilines is 2. The van der Waals surface area contributed by atoms with E-state index in [2.05, 4.69) is 5.32 Å². The average molecular weight is 266 g/mol. The number of fused-ring (bicyclic) bond motifs is 1. The molecule has 0 bridgehead atoms. The first-order chi connectivity index (χ1) is 9.61. The maximum Gasteiger partial charge on any atom is 0.266 e. The molecular formula is C16H14N2O2. The maximum atomic E-state index is 12.4. The summed E-state index contributed by atoms with van der Waals surface area (Å²) in [5, 5.41) is 2.97. The minimum absolute atomic E-state index is 0.267. The van der Waals surface area contributed by atoms with E-state index in [4.69, 9.17) is 0 Å². The Kier molecular flexibility index (Phi) is 2.79. The topological polar surface area (TPSA) is 49.4 Å². The Bertz CT molecular complexity index is 705. The van der Waals surface area contributed by atoms with Gasteiger partial charge in [-0.25, -0.2) is 4.90 Å². The van der Waals surface area contributed by atoms with Crippen LogP contribution in [0.3, 0.4) is 0 Å². The van der Waals surface area contributed by atoms with E-state index in [-0.39, 0.29) is 11.8 Å². The van der Waals surface area contributed by atoms with E-state index >= 15 is 0 Å². The van der Waals surface area contributed by atoms with Gasteiger partial charge >= 0.3 is 0 Å². The van der Waals surface area contributed by atoms with Crippen molar-refractivity contribution in [3.05, 3.63) is 59.2 Å². The fourth-order valence-electron chi connectivity index (χ4n) is 2.32. The molecular weight excluding hydrogens is 252 g/mol. The quantitative estimate of drug-likeness (QED) is 0.850. The van der Waals surface area contributed by atoms with Crippen molar-refractivity contribution in [1.82, 2.24) is 0 Å². The number of benzene rings is 2. The van der Waals surface area contributed by atoms with E-state index in [0.717, 1.165) is 11.3 Å². The summed E-state index contributed by atoms with van der Waals surface area (Å²) in [4.78, 5) is 26.0. The van der Waals surface area contributed by atoms with Crippen molar-refractivity contribution >= 4 is 23.2 Å². The molecule has 0 aromatic heterocycles. The van der Waals surface area contributed by atoms with Crippen molar-refractivity contribution in [2.75, 3.05) is 17.3 Å². The molecule has 4 heteroatoms. The molecule has 100 valence electrons. The first kappa shape index (κ1) is 12.4. The second kappa shape index (κ2) is 4.49. The fourth-order valence-corrected chi connectivity index (χ4v) is 2.32. The maximum absolute atomic E-state index is 12.4. The third-order valence-electron chi connectivity index (χ3n) is 3.47. The normalized spacial score (nSPS) is 13.6. The first-order valence-electron chi connectivity index (χ1n) is 6.39. The average Bonchev–Trinajstić information content (AvgIpc) is 2.72. The molecule has 0 saturated carbocycles. The Hall–Kier alpha value is -2.62. The van der Waals surface area contributed by atoms with Crippen molar-refractivity contribution < 1.29 is 9.59 Å². The predicted molar refractivity (Wildman–Crippen MR) is 78.3 cm³/mol. The van der Waals surface area contributed by atoms with Gasteiger partial charge in [0.2, 0.25) is 0 Å². The van der Waals surface area contributed by atoms with Crippen LogP contribution in [0.1, 0.15) is 26.3 Å². The van der Waals surface area contributed by atoms with E-state index in [9.17, 15) is 9.59 Å². The molecule has 0 aliphatic carbocycles. The second-order valence-corrected chi connectivity index (χ2v) is 4.79. The Morgan fingerprint density at radius 2 is 1.55 bits per heavy atom. The van der Waals surface area contributed by atoms with Gasteiger partial charge in [0.05, 0.1) is 16.8 Å². The molecule has 0 unspecified atom stereocenters. The van der Waals surface area contributed by atoms with Crippen molar-refractivity contribution in [1.29, 1.82) is 0 Å². The molecule has 1 heterocycles. The number of carbonyl (C=O) groups is 2. The van der Waals surface area contributed by atoms with Crippen LogP contribution in [0.15, 0.2) is 42.5 Å². The highest BCUT2D eigenvalue weighted by atomic mass is 16.2. The van der Waals surface area contributed by atoms with Gasteiger partial charge in [0.25, 0.3) is 11.8 Å². The lowest BCUT2D eigenvalue weighted by molar-refractivity contribution is 0.0926. The number of imide groups is 1. The van der Waals surface area contributed by atoms with Crippen LogP contribution in [0.5, 0.6) is 0 Å². The molecule has 1 aliphatic rings. The van der Waals surface area contributed by atoms with Crippen LogP contribution < -0.4 is 10.2 Å². The zero-order valence-electron chi connectivity index (χ0n) is 11.3. The summed E-state index contributed by atoms with van der Waals surface area (Å²) in [5.74, 6) is -0.539. The van der Waals surface area contributed by atoms with Gasteiger partial charge in [-0.05, 0) is 37.3 Å². The molecule has 1 aliphatic heterocycles. The van der Waals surface area contributed by atoms with Crippen LogP contribution in [-0.2, 0) is 0 Å². The van der Waals surface area contributed by atoms with E-state index in [1.165, 1.54) is 4.90 Å². The number of amides is 2. The van der Waals surface area contributed by atoms with E-state index in [0.29, 0.717) is 16.8 Å². The summed E-state index contributed by atoms with van der Waals surface area (Å²) in [6.45, 7) is 1.96. The Morgan fingerprint density at radius 1 is 0.900 bits per heavy atom. The number of nitrogens with zero attached hydrogens (tertiary/aromatic N) is 1. The second-order valence-electron chi connectivity index (χ2n) is 4.79. The number of rotatable bonds is 2. The summed E-state index contributed by atoms with van der Waals surface area (Å²) in [5.41, 5.74) is 3.41. The molecule has 0 fully saturated rings. The minimum atomic E-state index is -0.272. The van der Waals surface area contributed by atoms with Gasteiger partial charge in [-0.2, -0.15) is 0 Å². The Balaban J connectivity index is 2.07. The molecule has 0 saturated heterocycles. The van der Waals surface area contributed by atoms with Gasteiger partial charge in [-0.1, -0.05) is 17.7 Å². The third-order valence-corrected chi connectivity index (χ3v) is 3.47. The Morgan fingerprint density at radius 3 is 2.20 bits per heavy atom. The summed E-state index contributed by atoms with van der Waals surface area (Å²) >= 11 is 0. The molecule has 0 atom stereocenters. The highest BCUT2D eigenvalue weighted by Crippen LogP contribution is 2.30. The largest absolute Gasteiger partial charge is 0.388 e. The SMILES string of the molecule is CNc1ccc2c(c1)C(=O)N(c1ccc(C)cc1)C2=O. The van der Waals surface area contributed by atoms with Gasteiger partial charge < -0.3 is 5.32 Å². The number of hydrogen-bond donors (Lipinski definition) is 1. The predicted octanol–water partition coefficient (Wildman–Crippen LogP) is 2.84. The van der Waals surface area contributed by atoms with Gasteiger partial charge in [0.15, 0.2) is 0 Å². The van der Waals surface area contributed by atoms with Crippen LogP contribution in [0, 0.1) is 6.92 Å². The molecule has 2 amide bonds. The number of aryl methyl sites for hydroxylation is 1. The molecule has 1 N–H and O–H groups in total. The summed E-state index contributed by atoms with van der Waals surface area (Å²) in [6.07, 6.45) is 0. The lowest BCUT2D eigenvalue weighted by Gasteiger charge is -2.13. The van der Waals surface area contributed by atoms with Crippen molar-refractivity contribution in [2.24, 2.45) is 0 Å². The van der Waals surface area contributed by atoms with Crippen LogP contribution in [0.4, 0.5) is 11.4 Å². The van der Waals surface area contributed by atoms with Crippen molar-refractivity contribution in [3.8, 4) is 0 Å². The molecule has 0 radical (unpaired) electrons. The smallest absolute Gasteiger partial charge is 0.266 e. The summed E-state index contributed by atoms with van der Waals surface area (Å²) in [7, 11) is 1.78. The number of nitrogens with one attached hydrogen (secondary N) is 1. The fraction of sp³-hybridized carbons (Fsp3) is 0.125. The lowest BCUT2D eigenvalue weighted by Crippen LogP contribution is -2.29. The zero-order valence-corrected chi connectivity index (χ0v) is 11.3. The number of hydrogen-bond acceptors (Lipinski definition) is 3. The molecule has 2 aromatic carbocycles. The van der Waals surface area contributed by atoms with Crippen molar-refractivity contribution in [2.45, 2.75) is 6.92 Å².